The van der Waals surface area contributed by atoms with Gasteiger partial charge in [0.05, 0.1) is 76.6 Å². The summed E-state index contributed by atoms with van der Waals surface area (Å²) in [6.07, 6.45) is -75.6. The van der Waals surface area contributed by atoms with Crippen LogP contribution in [0.15, 0.2) is 11.6 Å². The van der Waals surface area contributed by atoms with Crippen LogP contribution in [0.1, 0.15) is 127 Å². The van der Waals surface area contributed by atoms with Crippen molar-refractivity contribution in [2.45, 2.75) is 421 Å². The molecule has 5 aliphatic carbocycles. The molecule has 0 bridgehead atoms. The average Bonchev–Trinajstić information content (AvgIpc) is 0.672. The molecule has 10 aliphatic heterocycles. The van der Waals surface area contributed by atoms with Crippen LogP contribution < -0.4 is 0 Å². The smallest absolute Gasteiger partial charge is 0.315 e. The molecule has 14 fully saturated rings. The Balaban J connectivity index is 0.553. The van der Waals surface area contributed by atoms with Crippen LogP contribution in [-0.2, 0) is 99.5 Å². The van der Waals surface area contributed by atoms with Crippen LogP contribution in [0, 0.1) is 50.2 Å². The van der Waals surface area contributed by atoms with Crippen molar-refractivity contribution in [2.75, 3.05) is 52.9 Å². The monoisotopic (exact) mass is 1950 g/mol. The normalized spacial score (nSPS) is 54.6. The molecule has 10 saturated heterocycles. The summed E-state index contributed by atoms with van der Waals surface area (Å²) in [4.78, 5) is 15.5. The third-order valence-corrected chi connectivity index (χ3v) is 32.8. The van der Waals surface area contributed by atoms with E-state index in [-0.39, 0.29) is 34.0 Å². The number of ether oxygens (including phenoxy) is 20. The van der Waals surface area contributed by atoms with Gasteiger partial charge in [0, 0.05) is 0 Å². The minimum absolute atomic E-state index is 0.0290. The second-order valence-electron chi connectivity index (χ2n) is 41.8. The van der Waals surface area contributed by atoms with Gasteiger partial charge in [0.25, 0.3) is 0 Å². The summed E-state index contributed by atoms with van der Waals surface area (Å²) in [6, 6.07) is 0. The second-order valence-corrected chi connectivity index (χ2v) is 41.8. The van der Waals surface area contributed by atoms with E-state index in [0.29, 0.717) is 51.4 Å². The largest absolute Gasteiger partial charge is 0.432 e. The maximum atomic E-state index is 15.5. The Morgan fingerprint density at radius 1 is 0.356 bits per heavy atom. The molecule has 0 spiro atoms. The summed E-state index contributed by atoms with van der Waals surface area (Å²) in [7, 11) is 0. The first-order valence-electron chi connectivity index (χ1n) is 46.8. The predicted octanol–water partition coefficient (Wildman–Crippen LogP) is -11.1. The van der Waals surface area contributed by atoms with E-state index in [4.69, 9.17) is 94.7 Å². The Morgan fingerprint density at radius 3 is 1.32 bits per heavy atom. The molecule has 0 radical (unpaired) electrons. The van der Waals surface area contributed by atoms with E-state index in [0.717, 1.165) is 18.4 Å². The molecule has 27 N–H and O–H groups in total. The number of rotatable bonds is 25. The third kappa shape index (κ3) is 19.7. The van der Waals surface area contributed by atoms with Crippen LogP contribution in [0.25, 0.3) is 0 Å². The van der Waals surface area contributed by atoms with Gasteiger partial charge in [-0.3, -0.25) is 4.79 Å². The maximum absolute atomic E-state index is 15.5. The van der Waals surface area contributed by atoms with E-state index in [1.54, 1.807) is 6.92 Å². The number of aliphatic hydroxyl groups is 27. The fourth-order valence-electron chi connectivity index (χ4n) is 24.4. The molecule has 0 aromatic rings. The van der Waals surface area contributed by atoms with E-state index in [2.05, 4.69) is 54.5 Å². The van der Waals surface area contributed by atoms with E-state index in [1.807, 2.05) is 0 Å². The summed E-state index contributed by atoms with van der Waals surface area (Å²) in [5, 5.41) is 297. The Kier molecular flexibility index (Phi) is 32.9. The van der Waals surface area contributed by atoms with Gasteiger partial charge in [-0.05, 0) is 123 Å². The van der Waals surface area contributed by atoms with Crippen LogP contribution in [0.5, 0.6) is 0 Å². The molecule has 0 aromatic carbocycles. The summed E-state index contributed by atoms with van der Waals surface area (Å²) < 4.78 is 118. The lowest BCUT2D eigenvalue weighted by Crippen LogP contribution is -2.67. The van der Waals surface area contributed by atoms with Crippen molar-refractivity contribution >= 4 is 5.97 Å². The summed E-state index contributed by atoms with van der Waals surface area (Å²) in [6.45, 7) is 12.3. The van der Waals surface area contributed by atoms with E-state index in [1.165, 1.54) is 6.92 Å². The number of aliphatic hydroxyl groups excluding tert-OH is 27. The average molecular weight is 1960 g/mol. The Labute approximate surface area is 776 Å². The lowest BCUT2D eigenvalue weighted by atomic mass is 9.33. The molecule has 4 saturated carbocycles. The quantitative estimate of drug-likeness (QED) is 0.0229. The summed E-state index contributed by atoms with van der Waals surface area (Å²) in [5.41, 5.74) is -1.98. The first kappa shape index (κ1) is 107. The highest BCUT2D eigenvalue weighted by molar-refractivity contribution is 5.79. The molecule has 55 atom stereocenters. The molecule has 778 valence electrons. The van der Waals surface area contributed by atoms with Crippen molar-refractivity contribution in [2.24, 2.45) is 50.2 Å². The van der Waals surface area contributed by atoms with E-state index < -0.39 is 370 Å². The SMILES string of the molecule is C[C@@H]1O[C@H](O[C@@H]2[C@@H](O)[C@H](O)[C@@H](O[C@@H]3[C@@H](O)[C@H](O)[C@@H](OC[C@@H]4O[C@H](OC(=O)[C@@]56CCC(C)(C)C[C@H]5C5=CC[C@H]7[C@]8(C)CC[C@H](O[C@H]9O[C@@H](C)[C@H](O[C@H]%10OC[C@H](O)[C@@H](O)[C@@H]%10O[C@H]%10OC[C@H](O)[C@@H](O)[C@@H]%10O[C@H]%10OC[C@H](O[C@H]%11O[C@@H](CO)[C@H](O[C@H]%12O[C@@H](CO)[C@H](O)[C@@H](O)[C@@H]%12O)[C@@H](O)[C@@H]%11O)[C@@H](O)[C@@H]%10O)[C@@H](O)[C@@H]9O)C(C)(C)[C@H]8CC[C@@]7(C)[C@]5(C)CC6)[C@@H](O)[C@H](O)[C@H]4O)O[C@H]3CO)O[C@H]2CO)[C@@H](O)[C@H](O)[C@H]1O. The number of fused-ring (bicyclic) bond motifs is 7. The highest BCUT2D eigenvalue weighted by Gasteiger charge is 2.72. The zero-order valence-electron chi connectivity index (χ0n) is 76.4. The summed E-state index contributed by atoms with van der Waals surface area (Å²) >= 11 is 0. The second kappa shape index (κ2) is 41.7. The number of esters is 1. The number of hydrogen-bond acceptors (Lipinski definition) is 48. The molecule has 15 rings (SSSR count). The van der Waals surface area contributed by atoms with Crippen molar-refractivity contribution in [1.82, 2.24) is 0 Å². The summed E-state index contributed by atoms with van der Waals surface area (Å²) in [5.74, 6) is -0.914. The van der Waals surface area contributed by atoms with Gasteiger partial charge in [-0.1, -0.05) is 60.1 Å². The van der Waals surface area contributed by atoms with E-state index >= 15 is 4.79 Å². The fraction of sp³-hybridized carbons (Fsp3) is 0.966. The van der Waals surface area contributed by atoms with Crippen LogP contribution >= 0.6 is 0 Å². The zero-order chi connectivity index (χ0) is 98.2. The van der Waals surface area contributed by atoms with Crippen molar-refractivity contribution in [3.05, 3.63) is 11.6 Å². The van der Waals surface area contributed by atoms with Crippen LogP contribution in [0.3, 0.4) is 0 Å². The molecule has 48 heteroatoms. The van der Waals surface area contributed by atoms with Crippen molar-refractivity contribution in [3.63, 3.8) is 0 Å². The molecular weight excluding hydrogens is 1810 g/mol. The molecular formula is C87H142O48. The fourth-order valence-corrected chi connectivity index (χ4v) is 24.4. The number of allylic oxidation sites excluding steroid dienone is 2. The standard InChI is InChI=1S/C87H142O48/c1-29-44(94)50(100)58(108)74(120-29)130-67-38(24-91)125-77(64(114)56(67)106)132-66-36(22-89)123-71(61(111)54(66)104)118-27-39-48(98)52(102)60(110)78(127-39)135-81(115)87-18-16-82(3,4)20-32(87)31-10-11-42-84(7)14-13-43(83(5,6)41(84)12-15-86(42,9)85(31,8)17-19-87)128-73-62(112)53(103)65(30(2)121-73)129-79-70(46(96)34(93)25-116-79)134-80-69(45(95)33(92)26-117-80)133-72-57(107)49(99)40(28-119-72)126-75-63(113)55(105)68(37(23-90)124-75)131-76-59(109)51(101)47(97)35(21-88)122-76/h10,29-30,32-80,88-114H,11-28H2,1-9H3/t29-,30-,32-,33-,34-,35-,36-,37-,38-,39-,40-,41+,42-,43-,44-,45+,46+,47-,48-,49+,50+,51+,52+,53-,54-,55-,56-,57-,58-,59-,60-,61-,62-,63-,64-,65-,66-,67-,68-,69-,70-,71-,72+,73+,74+,75+,76+,77+,78+,79+,80+,84+,85+,86+,87+/m0/s1. The van der Waals surface area contributed by atoms with Crippen LogP contribution in [0.4, 0.5) is 0 Å². The predicted molar refractivity (Wildman–Crippen MR) is 438 cm³/mol. The van der Waals surface area contributed by atoms with Crippen molar-refractivity contribution in [1.29, 1.82) is 0 Å². The number of carbonyl (C=O) groups excluding carboxylic acids is 1. The zero-order valence-corrected chi connectivity index (χ0v) is 76.4. The number of carbonyl (C=O) groups is 1. The first-order valence-corrected chi connectivity index (χ1v) is 46.8. The molecule has 48 nitrogen and oxygen atoms in total. The minimum Gasteiger partial charge on any atom is -0.432 e. The van der Waals surface area contributed by atoms with Crippen molar-refractivity contribution in [3.8, 4) is 0 Å². The van der Waals surface area contributed by atoms with Gasteiger partial charge in [0.2, 0.25) is 6.29 Å². The first-order chi connectivity index (χ1) is 63.5. The molecule has 10 heterocycles. The molecule has 135 heavy (non-hydrogen) atoms. The minimum atomic E-state index is -2.10. The van der Waals surface area contributed by atoms with Gasteiger partial charge in [0.1, 0.15) is 214 Å². The van der Waals surface area contributed by atoms with E-state index in [9.17, 15) is 138 Å². The molecule has 0 unspecified atom stereocenters. The van der Waals surface area contributed by atoms with Crippen molar-refractivity contribution < 1.29 is 237 Å². The lowest BCUT2D eigenvalue weighted by molar-refractivity contribution is -0.391. The lowest BCUT2D eigenvalue weighted by Gasteiger charge is -2.71. The van der Waals surface area contributed by atoms with Crippen LogP contribution in [-0.4, -0.2) is 492 Å². The molecule has 0 aromatic heterocycles. The van der Waals surface area contributed by atoms with Gasteiger partial charge >= 0.3 is 5.97 Å². The Hall–Kier alpha value is -2.63. The van der Waals surface area contributed by atoms with Gasteiger partial charge in [-0.15, -0.1) is 0 Å². The van der Waals surface area contributed by atoms with Gasteiger partial charge in [0.15, 0.2) is 56.6 Å². The third-order valence-electron chi connectivity index (χ3n) is 32.8. The topological polar surface area (TPSA) is 748 Å². The molecule has 0 amide bonds. The van der Waals surface area contributed by atoms with Gasteiger partial charge in [-0.2, -0.15) is 0 Å². The number of hydrogen-bond donors (Lipinski definition) is 27. The molecule has 15 aliphatic rings. The van der Waals surface area contributed by atoms with Gasteiger partial charge < -0.3 is 233 Å². The van der Waals surface area contributed by atoms with Crippen LogP contribution in [0.2, 0.25) is 0 Å². The Bertz CT molecular complexity index is 3910. The van der Waals surface area contributed by atoms with Gasteiger partial charge in [-0.25, -0.2) is 0 Å². The highest BCUT2D eigenvalue weighted by Crippen LogP contribution is 2.76. The highest BCUT2D eigenvalue weighted by atomic mass is 16.8. The Morgan fingerprint density at radius 2 is 0.770 bits per heavy atom. The maximum Gasteiger partial charge on any atom is 0.315 e.